The minimum Gasteiger partial charge on any atom is -0.340 e. The van der Waals surface area contributed by atoms with Gasteiger partial charge in [-0.2, -0.15) is 5.10 Å². The molecule has 2 atom stereocenters. The van der Waals surface area contributed by atoms with Crippen LogP contribution in [-0.4, -0.2) is 45.6 Å². The molecule has 6 nitrogen and oxygen atoms in total. The Morgan fingerprint density at radius 3 is 2.66 bits per heavy atom. The summed E-state index contributed by atoms with van der Waals surface area (Å²) >= 11 is 12.1. The second-order valence-electron chi connectivity index (χ2n) is 7.90. The van der Waals surface area contributed by atoms with Crippen LogP contribution in [0.1, 0.15) is 48.7 Å². The van der Waals surface area contributed by atoms with Crippen molar-refractivity contribution in [2.45, 2.75) is 45.7 Å². The maximum Gasteiger partial charge on any atom is 0.253 e. The van der Waals surface area contributed by atoms with Gasteiger partial charge in [0.2, 0.25) is 5.91 Å². The average Bonchev–Trinajstić information content (AvgIpc) is 3.11. The maximum absolute atomic E-state index is 13.3. The third-order valence-corrected chi connectivity index (χ3v) is 5.76. The minimum atomic E-state index is -0.632. The molecule has 1 fully saturated rings. The van der Waals surface area contributed by atoms with Gasteiger partial charge in [0.15, 0.2) is 0 Å². The van der Waals surface area contributed by atoms with Crippen LogP contribution in [0.4, 0.5) is 0 Å². The summed E-state index contributed by atoms with van der Waals surface area (Å²) in [4.78, 5) is 27.8. The van der Waals surface area contributed by atoms with Crippen molar-refractivity contribution in [3.8, 4) is 0 Å². The lowest BCUT2D eigenvalue weighted by molar-refractivity contribution is -0.136. The van der Waals surface area contributed by atoms with E-state index in [0.29, 0.717) is 23.7 Å². The Labute approximate surface area is 181 Å². The van der Waals surface area contributed by atoms with E-state index in [-0.39, 0.29) is 28.8 Å². The highest BCUT2D eigenvalue weighted by molar-refractivity contribution is 6.36. The number of aryl methyl sites for hydroxylation is 1. The summed E-state index contributed by atoms with van der Waals surface area (Å²) in [6.07, 6.45) is 5.71. The number of piperidine rings is 1. The van der Waals surface area contributed by atoms with Gasteiger partial charge in [-0.15, -0.1) is 0 Å². The van der Waals surface area contributed by atoms with E-state index in [9.17, 15) is 9.59 Å². The Morgan fingerprint density at radius 2 is 2.03 bits per heavy atom. The zero-order valence-electron chi connectivity index (χ0n) is 16.9. The van der Waals surface area contributed by atoms with Crippen molar-refractivity contribution in [3.05, 3.63) is 51.8 Å². The zero-order chi connectivity index (χ0) is 21.1. The SMILES string of the molecule is Cc1cnn(C2CCCN(C(=O)C(NC(=O)c3ccc(Cl)cc3Cl)C(C)C)C2)c1. The van der Waals surface area contributed by atoms with Crippen LogP contribution in [0, 0.1) is 12.8 Å². The first-order valence-corrected chi connectivity index (χ1v) is 10.6. The minimum absolute atomic E-state index is 0.0650. The van der Waals surface area contributed by atoms with E-state index in [4.69, 9.17) is 23.2 Å². The van der Waals surface area contributed by atoms with Gasteiger partial charge in [0.1, 0.15) is 6.04 Å². The first-order chi connectivity index (χ1) is 13.8. The molecule has 1 aliphatic heterocycles. The Morgan fingerprint density at radius 1 is 1.28 bits per heavy atom. The van der Waals surface area contributed by atoms with E-state index in [1.807, 2.05) is 42.7 Å². The molecule has 1 saturated heterocycles. The van der Waals surface area contributed by atoms with Gasteiger partial charge in [-0.05, 0) is 49.4 Å². The number of amides is 2. The molecule has 0 spiro atoms. The molecule has 1 aromatic heterocycles. The second kappa shape index (κ2) is 9.18. The predicted octanol–water partition coefficient (Wildman–Crippen LogP) is 4.12. The molecule has 2 amide bonds. The van der Waals surface area contributed by atoms with E-state index in [1.165, 1.54) is 6.07 Å². The van der Waals surface area contributed by atoms with E-state index in [1.54, 1.807) is 12.1 Å². The molecule has 8 heteroatoms. The number of carbonyl (C=O) groups excluding carboxylic acids is 2. The van der Waals surface area contributed by atoms with E-state index < -0.39 is 6.04 Å². The fourth-order valence-corrected chi connectivity index (χ4v) is 4.10. The summed E-state index contributed by atoms with van der Waals surface area (Å²) in [6, 6.07) is 4.21. The Hall–Kier alpha value is -2.05. The van der Waals surface area contributed by atoms with Crippen LogP contribution < -0.4 is 5.32 Å². The Kier molecular flexibility index (Phi) is 6.85. The molecular weight excluding hydrogens is 411 g/mol. The van der Waals surface area contributed by atoms with Gasteiger partial charge >= 0.3 is 0 Å². The van der Waals surface area contributed by atoms with E-state index in [0.717, 1.165) is 18.4 Å². The number of benzene rings is 1. The predicted molar refractivity (Wildman–Crippen MR) is 114 cm³/mol. The first kappa shape index (κ1) is 21.7. The van der Waals surface area contributed by atoms with Gasteiger partial charge < -0.3 is 10.2 Å². The molecule has 2 aromatic rings. The molecule has 1 aromatic carbocycles. The van der Waals surface area contributed by atoms with Crippen molar-refractivity contribution in [3.63, 3.8) is 0 Å². The Bertz CT molecular complexity index is 897. The van der Waals surface area contributed by atoms with Crippen molar-refractivity contribution in [2.24, 2.45) is 5.92 Å². The molecule has 0 radical (unpaired) electrons. The number of carbonyl (C=O) groups is 2. The van der Waals surface area contributed by atoms with Crippen LogP contribution in [0.2, 0.25) is 10.0 Å². The van der Waals surface area contributed by atoms with Gasteiger partial charge in [-0.3, -0.25) is 14.3 Å². The Balaban J connectivity index is 1.72. The quantitative estimate of drug-likeness (QED) is 0.766. The molecule has 0 aliphatic carbocycles. The van der Waals surface area contributed by atoms with Gasteiger partial charge in [0, 0.05) is 24.3 Å². The molecule has 1 aliphatic rings. The summed E-state index contributed by atoms with van der Waals surface area (Å²) in [5.74, 6) is -0.521. The summed E-state index contributed by atoms with van der Waals surface area (Å²) in [7, 11) is 0. The number of halogens is 2. The molecule has 1 N–H and O–H groups in total. The largest absolute Gasteiger partial charge is 0.340 e. The van der Waals surface area contributed by atoms with Crippen molar-refractivity contribution in [2.75, 3.05) is 13.1 Å². The van der Waals surface area contributed by atoms with Crippen LogP contribution in [0.3, 0.4) is 0 Å². The lowest BCUT2D eigenvalue weighted by Gasteiger charge is -2.36. The molecule has 0 saturated carbocycles. The smallest absolute Gasteiger partial charge is 0.253 e. The van der Waals surface area contributed by atoms with E-state index >= 15 is 0 Å². The number of hydrogen-bond donors (Lipinski definition) is 1. The molecule has 0 bridgehead atoms. The fourth-order valence-electron chi connectivity index (χ4n) is 3.61. The lowest BCUT2D eigenvalue weighted by atomic mass is 9.99. The number of nitrogens with zero attached hydrogens (tertiary/aromatic N) is 3. The topological polar surface area (TPSA) is 67.2 Å². The summed E-state index contributed by atoms with van der Waals surface area (Å²) in [5, 5.41) is 7.99. The van der Waals surface area contributed by atoms with Gasteiger partial charge in [-0.25, -0.2) is 0 Å². The van der Waals surface area contributed by atoms with Crippen LogP contribution >= 0.6 is 23.2 Å². The molecular formula is C21H26Cl2N4O2. The van der Waals surface area contributed by atoms with Gasteiger partial charge in [-0.1, -0.05) is 37.0 Å². The number of likely N-dealkylation sites (tertiary alicyclic amines) is 1. The molecule has 29 heavy (non-hydrogen) atoms. The highest BCUT2D eigenvalue weighted by atomic mass is 35.5. The third kappa shape index (κ3) is 5.11. The van der Waals surface area contributed by atoms with Crippen molar-refractivity contribution >= 4 is 35.0 Å². The van der Waals surface area contributed by atoms with Crippen LogP contribution in [-0.2, 0) is 4.79 Å². The van der Waals surface area contributed by atoms with Crippen LogP contribution in [0.15, 0.2) is 30.6 Å². The number of rotatable bonds is 5. The van der Waals surface area contributed by atoms with Crippen LogP contribution in [0.25, 0.3) is 0 Å². The standard InChI is InChI=1S/C21H26Cl2N4O2/c1-13(2)19(25-20(28)17-7-6-15(22)9-18(17)23)21(29)26-8-4-5-16(12-26)27-11-14(3)10-24-27/h6-7,9-11,13,16,19H,4-5,8,12H2,1-3H3,(H,25,28). The second-order valence-corrected chi connectivity index (χ2v) is 8.74. The van der Waals surface area contributed by atoms with Gasteiger partial charge in [0.25, 0.3) is 5.91 Å². The zero-order valence-corrected chi connectivity index (χ0v) is 18.4. The van der Waals surface area contributed by atoms with Crippen molar-refractivity contribution in [1.29, 1.82) is 0 Å². The average molecular weight is 437 g/mol. The molecule has 2 unspecified atom stereocenters. The highest BCUT2D eigenvalue weighted by Crippen LogP contribution is 2.24. The first-order valence-electron chi connectivity index (χ1n) is 9.81. The molecule has 2 heterocycles. The van der Waals surface area contributed by atoms with Crippen molar-refractivity contribution in [1.82, 2.24) is 20.0 Å². The summed E-state index contributed by atoms with van der Waals surface area (Å²) in [6.45, 7) is 7.10. The normalized spacial score (nSPS) is 18.0. The van der Waals surface area contributed by atoms with Gasteiger partial charge in [0.05, 0.1) is 22.8 Å². The number of nitrogens with one attached hydrogen (secondary N) is 1. The van der Waals surface area contributed by atoms with Crippen molar-refractivity contribution < 1.29 is 9.59 Å². The summed E-state index contributed by atoms with van der Waals surface area (Å²) < 4.78 is 1.94. The summed E-state index contributed by atoms with van der Waals surface area (Å²) in [5.41, 5.74) is 1.40. The number of hydrogen-bond acceptors (Lipinski definition) is 3. The molecule has 156 valence electrons. The maximum atomic E-state index is 13.3. The third-order valence-electron chi connectivity index (χ3n) is 5.21. The fraction of sp³-hybridized carbons (Fsp3) is 0.476. The van der Waals surface area contributed by atoms with E-state index in [2.05, 4.69) is 10.4 Å². The monoisotopic (exact) mass is 436 g/mol. The molecule has 3 rings (SSSR count). The lowest BCUT2D eigenvalue weighted by Crippen LogP contribution is -2.53. The number of aromatic nitrogens is 2. The van der Waals surface area contributed by atoms with Crippen LogP contribution in [0.5, 0.6) is 0 Å². The highest BCUT2D eigenvalue weighted by Gasteiger charge is 2.33.